The molecule has 0 aromatic rings. The van der Waals surface area contributed by atoms with Crippen molar-refractivity contribution in [3.8, 4) is 0 Å². The Kier molecular flexibility index (Phi) is 8.71. The molecule has 19 heavy (non-hydrogen) atoms. The van der Waals surface area contributed by atoms with Gasteiger partial charge in [-0.15, -0.1) is 11.6 Å². The van der Waals surface area contributed by atoms with Gasteiger partial charge in [0.05, 0.1) is 6.54 Å². The smallest absolute Gasteiger partial charge is 0.256 e. The molecule has 0 aromatic carbocycles. The van der Waals surface area contributed by atoms with Crippen molar-refractivity contribution in [3.63, 3.8) is 0 Å². The molecule has 0 saturated carbocycles. The van der Waals surface area contributed by atoms with Gasteiger partial charge in [-0.3, -0.25) is 20.0 Å². The van der Waals surface area contributed by atoms with E-state index < -0.39 is 5.91 Å². The summed E-state index contributed by atoms with van der Waals surface area (Å²) in [6.45, 7) is 8.70. The van der Waals surface area contributed by atoms with Crippen molar-refractivity contribution in [2.45, 2.75) is 27.7 Å². The first-order valence-electron chi connectivity index (χ1n) is 6.38. The molecule has 0 aliphatic rings. The van der Waals surface area contributed by atoms with Crippen molar-refractivity contribution in [1.29, 1.82) is 0 Å². The van der Waals surface area contributed by atoms with Gasteiger partial charge in [0.25, 0.3) is 11.8 Å². The minimum Gasteiger partial charge on any atom is -0.272 e. The second kappa shape index (κ2) is 9.12. The van der Waals surface area contributed by atoms with E-state index in [4.69, 9.17) is 17.4 Å². The second-order valence-electron chi connectivity index (χ2n) is 5.34. The average molecular weight is 292 g/mol. The Hall–Kier alpha value is -0.850. The molecule has 0 spiro atoms. The predicted octanol–water partition coefficient (Wildman–Crippen LogP) is 0.897. The Labute approximate surface area is 120 Å². The molecular formula is C12H24ClN4O2. The summed E-state index contributed by atoms with van der Waals surface area (Å²) in [6, 6.07) is 0. The van der Waals surface area contributed by atoms with E-state index in [1.807, 2.05) is 27.7 Å². The van der Waals surface area contributed by atoms with Gasteiger partial charge in [-0.1, -0.05) is 27.7 Å². The molecule has 0 unspecified atom stereocenters. The van der Waals surface area contributed by atoms with Gasteiger partial charge in [0.2, 0.25) is 0 Å². The van der Waals surface area contributed by atoms with Gasteiger partial charge in [-0.05, 0) is 11.8 Å². The number of halogens is 1. The van der Waals surface area contributed by atoms with Gasteiger partial charge >= 0.3 is 0 Å². The number of hydrogen-bond donors (Lipinski definition) is 1. The maximum atomic E-state index is 12.0. The summed E-state index contributed by atoms with van der Waals surface area (Å²) in [5.74, 6) is 7.28. The topological polar surface area (TPSA) is 76.5 Å². The molecule has 1 radical (unpaired) electrons. The lowest BCUT2D eigenvalue weighted by molar-refractivity contribution is -0.142. The lowest BCUT2D eigenvalue weighted by Gasteiger charge is -2.27. The first kappa shape index (κ1) is 18.1. The van der Waals surface area contributed by atoms with Crippen LogP contribution in [0.3, 0.4) is 0 Å². The number of carbonyl (C=O) groups excluding carboxylic acids is 2. The van der Waals surface area contributed by atoms with Gasteiger partial charge in [-0.2, -0.15) is 5.84 Å². The molecule has 0 heterocycles. The maximum absolute atomic E-state index is 12.0. The minimum atomic E-state index is -0.420. The molecule has 6 nitrogen and oxygen atoms in total. The zero-order valence-corrected chi connectivity index (χ0v) is 12.8. The fourth-order valence-corrected chi connectivity index (χ4v) is 1.57. The molecule has 2 amide bonds. The molecule has 0 aromatic heterocycles. The highest BCUT2D eigenvalue weighted by Gasteiger charge is 2.19. The Morgan fingerprint density at radius 1 is 1.16 bits per heavy atom. The summed E-state index contributed by atoms with van der Waals surface area (Å²) in [5.41, 5.74) is 2.46. The van der Waals surface area contributed by atoms with Crippen LogP contribution < -0.4 is 11.3 Å². The van der Waals surface area contributed by atoms with Crippen LogP contribution in [0.1, 0.15) is 27.7 Å². The van der Waals surface area contributed by atoms with Crippen LogP contribution in [0.2, 0.25) is 0 Å². The lowest BCUT2D eigenvalue weighted by atomic mass is 10.2. The first-order valence-corrected chi connectivity index (χ1v) is 6.91. The van der Waals surface area contributed by atoms with E-state index in [2.05, 4.69) is 5.43 Å². The molecule has 111 valence electrons. The first-order chi connectivity index (χ1) is 8.76. The van der Waals surface area contributed by atoms with Crippen LogP contribution >= 0.6 is 11.6 Å². The molecule has 0 atom stereocenters. The number of amides is 2. The van der Waals surface area contributed by atoms with Crippen molar-refractivity contribution in [1.82, 2.24) is 21.3 Å². The predicted molar refractivity (Wildman–Crippen MR) is 74.9 cm³/mol. The van der Waals surface area contributed by atoms with E-state index in [9.17, 15) is 9.59 Å². The molecule has 2 N–H and O–H groups in total. The van der Waals surface area contributed by atoms with E-state index in [1.165, 1.54) is 10.0 Å². The summed E-state index contributed by atoms with van der Waals surface area (Å²) in [7, 11) is 0. The standard InChI is InChI=1S/C12H24ClN4O2/c1-9(2)6-16(14)8-12(19)17(7-10(3)4)15-11(18)5-13/h9-10,14H,5-8H2,1-4H3,(H,15,18). The number of carbonyl (C=O) groups is 2. The zero-order chi connectivity index (χ0) is 15.0. The van der Waals surface area contributed by atoms with Crippen molar-refractivity contribution in [2.75, 3.05) is 25.5 Å². The quantitative estimate of drug-likeness (QED) is 0.559. The third kappa shape index (κ3) is 8.80. The highest BCUT2D eigenvalue weighted by Crippen LogP contribution is 2.00. The second-order valence-corrected chi connectivity index (χ2v) is 5.61. The fraction of sp³-hybridized carbons (Fsp3) is 0.833. The van der Waals surface area contributed by atoms with Crippen LogP contribution in [0.4, 0.5) is 0 Å². The summed E-state index contributed by atoms with van der Waals surface area (Å²) in [4.78, 5) is 23.3. The van der Waals surface area contributed by atoms with Crippen LogP contribution in [0, 0.1) is 11.8 Å². The van der Waals surface area contributed by atoms with Crippen LogP contribution in [0.15, 0.2) is 0 Å². The van der Waals surface area contributed by atoms with Crippen molar-refractivity contribution in [2.24, 2.45) is 11.8 Å². The van der Waals surface area contributed by atoms with E-state index in [0.717, 1.165) is 0 Å². The lowest BCUT2D eigenvalue weighted by Crippen LogP contribution is -2.51. The van der Waals surface area contributed by atoms with Crippen LogP contribution in [-0.2, 0) is 9.59 Å². The summed E-state index contributed by atoms with van der Waals surface area (Å²) >= 11 is 5.41. The van der Waals surface area contributed by atoms with Crippen molar-refractivity contribution < 1.29 is 9.59 Å². The minimum absolute atomic E-state index is 0.0481. The van der Waals surface area contributed by atoms with E-state index >= 15 is 0 Å². The van der Waals surface area contributed by atoms with E-state index in [-0.39, 0.29) is 24.2 Å². The van der Waals surface area contributed by atoms with E-state index in [1.54, 1.807) is 0 Å². The summed E-state index contributed by atoms with van der Waals surface area (Å²) < 4.78 is 0. The molecule has 0 fully saturated rings. The Morgan fingerprint density at radius 3 is 2.11 bits per heavy atom. The highest BCUT2D eigenvalue weighted by molar-refractivity contribution is 6.27. The Bertz CT molecular complexity index is 297. The van der Waals surface area contributed by atoms with Crippen LogP contribution in [0.5, 0.6) is 0 Å². The Balaban J connectivity index is 4.48. The molecular weight excluding hydrogens is 268 g/mol. The number of hydrogen-bond acceptors (Lipinski definition) is 3. The van der Waals surface area contributed by atoms with Crippen molar-refractivity contribution in [3.05, 3.63) is 0 Å². The third-order valence-corrected chi connectivity index (χ3v) is 2.38. The number of nitrogens with zero attached hydrogens (tertiary/aromatic N) is 2. The summed E-state index contributed by atoms with van der Waals surface area (Å²) in [6.07, 6.45) is 0. The van der Waals surface area contributed by atoms with Gasteiger partial charge in [0.1, 0.15) is 5.88 Å². The zero-order valence-electron chi connectivity index (χ0n) is 12.1. The summed E-state index contributed by atoms with van der Waals surface area (Å²) in [5, 5.41) is 2.45. The van der Waals surface area contributed by atoms with Gasteiger partial charge in [0, 0.05) is 13.1 Å². The fourth-order valence-electron chi connectivity index (χ4n) is 1.51. The van der Waals surface area contributed by atoms with Gasteiger partial charge in [0.15, 0.2) is 0 Å². The molecule has 7 heteroatoms. The third-order valence-electron chi connectivity index (χ3n) is 2.14. The number of hydrazine groups is 1. The normalized spacial score (nSPS) is 11.2. The largest absolute Gasteiger partial charge is 0.272 e. The molecule has 0 aliphatic heterocycles. The maximum Gasteiger partial charge on any atom is 0.256 e. The van der Waals surface area contributed by atoms with Crippen LogP contribution in [0.25, 0.3) is 0 Å². The van der Waals surface area contributed by atoms with Crippen LogP contribution in [-0.4, -0.2) is 47.3 Å². The SMILES string of the molecule is CC(C)CN([NH])CC(=O)N(CC(C)C)NC(=O)CCl. The average Bonchev–Trinajstić information content (AvgIpc) is 2.25. The Morgan fingerprint density at radius 2 is 1.68 bits per heavy atom. The highest BCUT2D eigenvalue weighted by atomic mass is 35.5. The molecule has 0 rings (SSSR count). The molecule has 0 saturated heterocycles. The monoisotopic (exact) mass is 291 g/mol. The van der Waals surface area contributed by atoms with Gasteiger partial charge < -0.3 is 0 Å². The molecule has 0 bridgehead atoms. The number of rotatable bonds is 7. The molecule has 0 aliphatic carbocycles. The number of nitrogens with one attached hydrogen (secondary N) is 2. The number of alkyl halides is 1. The van der Waals surface area contributed by atoms with Gasteiger partial charge in [-0.25, -0.2) is 5.01 Å². The van der Waals surface area contributed by atoms with Crippen molar-refractivity contribution >= 4 is 23.4 Å². The van der Waals surface area contributed by atoms with E-state index in [0.29, 0.717) is 19.0 Å².